The number of hydrogen-bond acceptors (Lipinski definition) is 8. The Hall–Kier alpha value is -1.52. The van der Waals surface area contributed by atoms with Gasteiger partial charge in [-0.25, -0.2) is 23.1 Å². The molecule has 1 aromatic heterocycles. The second kappa shape index (κ2) is 4.77. The van der Waals surface area contributed by atoms with Gasteiger partial charge in [0.15, 0.2) is 10.6 Å². The first kappa shape index (κ1) is 13.5. The van der Waals surface area contributed by atoms with Crippen LogP contribution in [-0.2, 0) is 19.5 Å². The fourth-order valence-electron chi connectivity index (χ4n) is 0.995. The Labute approximate surface area is 101 Å². The molecule has 0 aliphatic rings. The first-order valence-corrected chi connectivity index (χ1v) is 6.34. The largest absolute Gasteiger partial charge is 0.465 e. The van der Waals surface area contributed by atoms with Crippen LogP contribution in [0.25, 0.3) is 0 Å². The van der Waals surface area contributed by atoms with E-state index in [4.69, 9.17) is 5.14 Å². The highest BCUT2D eigenvalue weighted by Crippen LogP contribution is 2.24. The Morgan fingerprint density at radius 3 is 2.18 bits per heavy atom. The molecular weight excluding hydrogens is 272 g/mol. The van der Waals surface area contributed by atoms with Crippen molar-refractivity contribution >= 4 is 33.5 Å². The van der Waals surface area contributed by atoms with Crippen molar-refractivity contribution in [2.45, 2.75) is 4.90 Å². The van der Waals surface area contributed by atoms with Crippen molar-refractivity contribution in [1.82, 2.24) is 4.37 Å². The summed E-state index contributed by atoms with van der Waals surface area (Å²) in [6.07, 6.45) is 0. The summed E-state index contributed by atoms with van der Waals surface area (Å²) >= 11 is 0.495. The minimum absolute atomic E-state index is 0.365. The van der Waals surface area contributed by atoms with E-state index in [-0.39, 0.29) is 4.88 Å². The van der Waals surface area contributed by atoms with Gasteiger partial charge in [-0.1, -0.05) is 0 Å². The Kier molecular flexibility index (Phi) is 3.80. The van der Waals surface area contributed by atoms with Crippen molar-refractivity contribution in [3.8, 4) is 0 Å². The van der Waals surface area contributed by atoms with Crippen molar-refractivity contribution in [3.63, 3.8) is 0 Å². The third kappa shape index (κ3) is 2.60. The van der Waals surface area contributed by atoms with E-state index in [0.717, 1.165) is 14.2 Å². The van der Waals surface area contributed by atoms with E-state index in [9.17, 15) is 18.0 Å². The maximum Gasteiger partial charge on any atom is 0.359 e. The van der Waals surface area contributed by atoms with Crippen molar-refractivity contribution in [1.29, 1.82) is 0 Å². The first-order chi connectivity index (χ1) is 7.82. The Morgan fingerprint density at radius 2 is 1.76 bits per heavy atom. The average molecular weight is 280 g/mol. The molecule has 0 spiro atoms. The smallest absolute Gasteiger partial charge is 0.359 e. The van der Waals surface area contributed by atoms with E-state index in [0.29, 0.717) is 11.5 Å². The van der Waals surface area contributed by atoms with Gasteiger partial charge in [0.25, 0.3) is 0 Å². The number of methoxy groups -OCH3 is 2. The van der Waals surface area contributed by atoms with Gasteiger partial charge in [-0.2, -0.15) is 4.37 Å². The molecule has 0 aliphatic heterocycles. The molecule has 94 valence electrons. The molecule has 1 rings (SSSR count). The summed E-state index contributed by atoms with van der Waals surface area (Å²) in [5, 5.41) is 4.91. The standard InChI is InChI=1S/C7H8N2O6S2/c1-14-6(10)3-5(17(8,12)13)4(16-9-3)7(11)15-2/h1-2H3,(H2,8,12,13). The number of ether oxygens (including phenoxy) is 2. The lowest BCUT2D eigenvalue weighted by atomic mass is 10.4. The number of rotatable bonds is 3. The van der Waals surface area contributed by atoms with E-state index in [1.54, 1.807) is 0 Å². The fourth-order valence-corrected chi connectivity index (χ4v) is 2.94. The second-order valence-electron chi connectivity index (χ2n) is 2.72. The number of carbonyl (C=O) groups is 2. The summed E-state index contributed by atoms with van der Waals surface area (Å²) in [6.45, 7) is 0. The molecule has 0 fully saturated rings. The lowest BCUT2D eigenvalue weighted by molar-refractivity contribution is 0.0590. The molecule has 0 saturated heterocycles. The Morgan fingerprint density at radius 1 is 1.24 bits per heavy atom. The van der Waals surface area contributed by atoms with Crippen molar-refractivity contribution in [3.05, 3.63) is 10.6 Å². The number of sulfonamides is 1. The van der Waals surface area contributed by atoms with Gasteiger partial charge in [0.1, 0.15) is 4.90 Å². The highest BCUT2D eigenvalue weighted by molar-refractivity contribution is 7.89. The van der Waals surface area contributed by atoms with Crippen molar-refractivity contribution < 1.29 is 27.5 Å². The van der Waals surface area contributed by atoms with Crippen LogP contribution in [0, 0.1) is 0 Å². The summed E-state index contributed by atoms with van der Waals surface area (Å²) < 4.78 is 34.8. The van der Waals surface area contributed by atoms with Crippen molar-refractivity contribution in [2.75, 3.05) is 14.2 Å². The van der Waals surface area contributed by atoms with Crippen LogP contribution in [-0.4, -0.2) is 38.9 Å². The number of carbonyl (C=O) groups excluding carboxylic acids is 2. The fraction of sp³-hybridized carbons (Fsp3) is 0.286. The van der Waals surface area contributed by atoms with Crippen LogP contribution < -0.4 is 5.14 Å². The monoisotopic (exact) mass is 280 g/mol. The van der Waals surface area contributed by atoms with Gasteiger partial charge < -0.3 is 9.47 Å². The molecule has 0 bridgehead atoms. The van der Waals surface area contributed by atoms with Gasteiger partial charge in [0.2, 0.25) is 10.0 Å². The van der Waals surface area contributed by atoms with E-state index in [1.807, 2.05) is 0 Å². The quantitative estimate of drug-likeness (QED) is 0.730. The number of nitrogens with zero attached hydrogens (tertiary/aromatic N) is 1. The highest BCUT2D eigenvalue weighted by atomic mass is 32.2. The normalized spacial score (nSPS) is 11.0. The molecule has 0 saturated carbocycles. The van der Waals surface area contributed by atoms with E-state index >= 15 is 0 Å². The highest BCUT2D eigenvalue weighted by Gasteiger charge is 2.32. The summed E-state index contributed by atoms with van der Waals surface area (Å²) in [4.78, 5) is 21.5. The van der Waals surface area contributed by atoms with E-state index in [1.165, 1.54) is 0 Å². The summed E-state index contributed by atoms with van der Waals surface area (Å²) in [6, 6.07) is 0. The molecule has 0 radical (unpaired) electrons. The molecule has 1 aromatic rings. The lowest BCUT2D eigenvalue weighted by Gasteiger charge is -2.01. The zero-order chi connectivity index (χ0) is 13.2. The molecule has 0 atom stereocenters. The summed E-state index contributed by atoms with van der Waals surface area (Å²) in [5.74, 6) is -1.94. The molecule has 2 N–H and O–H groups in total. The topological polar surface area (TPSA) is 126 Å². The summed E-state index contributed by atoms with van der Waals surface area (Å²) in [7, 11) is -2.17. The number of aromatic nitrogens is 1. The van der Waals surface area contributed by atoms with E-state index in [2.05, 4.69) is 13.8 Å². The maximum atomic E-state index is 11.3. The van der Waals surface area contributed by atoms with Crippen LogP contribution >= 0.6 is 11.5 Å². The van der Waals surface area contributed by atoms with Crippen LogP contribution in [0.3, 0.4) is 0 Å². The van der Waals surface area contributed by atoms with Crippen LogP contribution in [0.5, 0.6) is 0 Å². The molecule has 8 nitrogen and oxygen atoms in total. The first-order valence-electron chi connectivity index (χ1n) is 4.02. The van der Waals surface area contributed by atoms with Gasteiger partial charge in [-0.05, 0) is 11.5 Å². The van der Waals surface area contributed by atoms with Gasteiger partial charge in [-0.3, -0.25) is 0 Å². The van der Waals surface area contributed by atoms with Crippen LogP contribution in [0.2, 0.25) is 0 Å². The number of nitrogens with two attached hydrogens (primary N) is 1. The number of esters is 2. The van der Waals surface area contributed by atoms with Crippen LogP contribution in [0.1, 0.15) is 20.2 Å². The molecule has 1 heterocycles. The van der Waals surface area contributed by atoms with Crippen LogP contribution in [0.4, 0.5) is 0 Å². The van der Waals surface area contributed by atoms with Gasteiger partial charge in [-0.15, -0.1) is 0 Å². The zero-order valence-corrected chi connectivity index (χ0v) is 10.4. The molecular formula is C7H8N2O6S2. The molecule has 0 aromatic carbocycles. The number of hydrogen-bond donors (Lipinski definition) is 1. The van der Waals surface area contributed by atoms with Gasteiger partial charge in [0.05, 0.1) is 14.2 Å². The van der Waals surface area contributed by atoms with Crippen molar-refractivity contribution in [2.24, 2.45) is 5.14 Å². The van der Waals surface area contributed by atoms with Gasteiger partial charge >= 0.3 is 11.9 Å². The molecule has 17 heavy (non-hydrogen) atoms. The van der Waals surface area contributed by atoms with Crippen LogP contribution in [0.15, 0.2) is 4.90 Å². The Bertz CT molecular complexity index is 527. The van der Waals surface area contributed by atoms with Gasteiger partial charge in [0, 0.05) is 0 Å². The molecule has 10 heteroatoms. The predicted octanol–water partition coefficient (Wildman–Crippen LogP) is -0.636. The lowest BCUT2D eigenvalue weighted by Crippen LogP contribution is -2.19. The minimum Gasteiger partial charge on any atom is -0.465 e. The minimum atomic E-state index is -4.28. The molecule has 0 aliphatic carbocycles. The molecule has 0 unspecified atom stereocenters. The third-order valence-electron chi connectivity index (χ3n) is 1.68. The SMILES string of the molecule is COC(=O)c1nsc(C(=O)OC)c1S(N)(=O)=O. The Balaban J connectivity index is 3.52. The number of primary sulfonamides is 1. The van der Waals surface area contributed by atoms with E-state index < -0.39 is 32.6 Å². The molecule has 0 amide bonds. The summed E-state index contributed by atoms with van der Waals surface area (Å²) in [5.41, 5.74) is -0.527. The second-order valence-corrected chi connectivity index (χ2v) is 4.99. The third-order valence-corrected chi connectivity index (χ3v) is 3.61. The maximum absolute atomic E-state index is 11.3. The average Bonchev–Trinajstić information content (AvgIpc) is 2.71. The zero-order valence-electron chi connectivity index (χ0n) is 8.79. The predicted molar refractivity (Wildman–Crippen MR) is 56.2 cm³/mol.